The maximum absolute atomic E-state index is 10.2. The molecular formula is C12H15NO4. The topological polar surface area (TPSA) is 68.1 Å². The molecule has 5 heteroatoms. The molecule has 1 rings (SSSR count). The van der Waals surface area contributed by atoms with Gasteiger partial charge in [-0.3, -0.25) is 0 Å². The van der Waals surface area contributed by atoms with Crippen LogP contribution in [0.4, 0.5) is 0 Å². The van der Waals surface area contributed by atoms with Crippen LogP contribution in [0.15, 0.2) is 29.4 Å². The van der Waals surface area contributed by atoms with Gasteiger partial charge in [-0.1, -0.05) is 23.4 Å². The lowest BCUT2D eigenvalue weighted by Gasteiger charge is -2.07. The number of rotatable bonds is 6. The first kappa shape index (κ1) is 13.0. The van der Waals surface area contributed by atoms with E-state index in [0.29, 0.717) is 12.1 Å². The van der Waals surface area contributed by atoms with E-state index in [1.165, 1.54) is 0 Å². The molecule has 92 valence electrons. The third-order valence-electron chi connectivity index (χ3n) is 2.05. The smallest absolute Gasteiger partial charge is 0.344 e. The maximum Gasteiger partial charge on any atom is 0.344 e. The molecule has 0 aliphatic rings. The van der Waals surface area contributed by atoms with Crippen LogP contribution in [0.25, 0.3) is 0 Å². The van der Waals surface area contributed by atoms with Crippen molar-refractivity contribution >= 4 is 11.7 Å². The minimum atomic E-state index is -1.04. The van der Waals surface area contributed by atoms with Crippen molar-refractivity contribution < 1.29 is 19.5 Å². The molecule has 0 atom stereocenters. The minimum absolute atomic E-state index is 0.427. The van der Waals surface area contributed by atoms with Crippen molar-refractivity contribution in [3.8, 4) is 5.75 Å². The van der Waals surface area contributed by atoms with E-state index in [0.717, 1.165) is 11.3 Å². The molecule has 0 saturated heterocycles. The summed E-state index contributed by atoms with van der Waals surface area (Å²) in [6.45, 7) is 1.34. The highest BCUT2D eigenvalue weighted by atomic mass is 16.6. The van der Waals surface area contributed by atoms with Crippen LogP contribution < -0.4 is 4.74 Å². The summed E-state index contributed by atoms with van der Waals surface area (Å²) >= 11 is 0. The Labute approximate surface area is 99.7 Å². The van der Waals surface area contributed by atoms with Crippen molar-refractivity contribution in [2.24, 2.45) is 5.16 Å². The Kier molecular flexibility index (Phi) is 5.00. The molecule has 0 amide bonds. The number of carboxylic acids is 1. The van der Waals surface area contributed by atoms with Gasteiger partial charge >= 0.3 is 5.97 Å². The van der Waals surface area contributed by atoms with E-state index < -0.39 is 12.6 Å². The lowest BCUT2D eigenvalue weighted by atomic mass is 10.1. The summed E-state index contributed by atoms with van der Waals surface area (Å²) in [6.07, 6.45) is 0.559. The summed E-state index contributed by atoms with van der Waals surface area (Å²) in [5.41, 5.74) is 1.67. The summed E-state index contributed by atoms with van der Waals surface area (Å²) in [6, 6.07) is 7.58. The predicted molar refractivity (Wildman–Crippen MR) is 63.4 cm³/mol. The van der Waals surface area contributed by atoms with Gasteiger partial charge < -0.3 is 14.7 Å². The van der Waals surface area contributed by atoms with Gasteiger partial charge in [-0.15, -0.1) is 0 Å². The standard InChI is InChI=1S/C12H15NO4/c1-9(13-17-8-12(14)15)7-10-5-3-4-6-11(10)16-2/h3-6H,7-8H2,1-2H3,(H,14,15). The molecule has 0 radical (unpaired) electrons. The van der Waals surface area contributed by atoms with Gasteiger partial charge in [0.15, 0.2) is 0 Å². The molecule has 0 saturated carbocycles. The van der Waals surface area contributed by atoms with Gasteiger partial charge in [-0.05, 0) is 18.6 Å². The Balaban J connectivity index is 2.60. The molecule has 0 aromatic heterocycles. The van der Waals surface area contributed by atoms with Gasteiger partial charge in [0.05, 0.1) is 12.8 Å². The zero-order chi connectivity index (χ0) is 12.7. The fraction of sp³-hybridized carbons (Fsp3) is 0.333. The number of hydrogen-bond donors (Lipinski definition) is 1. The number of aliphatic carboxylic acids is 1. The average Bonchev–Trinajstić information content (AvgIpc) is 2.29. The van der Waals surface area contributed by atoms with Crippen molar-refractivity contribution in [3.63, 3.8) is 0 Å². The molecule has 0 spiro atoms. The number of carbonyl (C=O) groups is 1. The third-order valence-corrected chi connectivity index (χ3v) is 2.05. The molecule has 17 heavy (non-hydrogen) atoms. The monoisotopic (exact) mass is 237 g/mol. The van der Waals surface area contributed by atoms with Crippen molar-refractivity contribution in [1.82, 2.24) is 0 Å². The van der Waals surface area contributed by atoms with E-state index in [9.17, 15) is 4.79 Å². The van der Waals surface area contributed by atoms with E-state index in [4.69, 9.17) is 9.84 Å². The first-order chi connectivity index (χ1) is 8.13. The molecule has 5 nitrogen and oxygen atoms in total. The van der Waals surface area contributed by atoms with Crippen LogP contribution in [0.2, 0.25) is 0 Å². The van der Waals surface area contributed by atoms with Crippen LogP contribution >= 0.6 is 0 Å². The van der Waals surface area contributed by atoms with Crippen molar-refractivity contribution in [3.05, 3.63) is 29.8 Å². The van der Waals surface area contributed by atoms with Crippen molar-refractivity contribution in [1.29, 1.82) is 0 Å². The molecule has 1 aromatic carbocycles. The van der Waals surface area contributed by atoms with Crippen LogP contribution in [0.3, 0.4) is 0 Å². The summed E-state index contributed by atoms with van der Waals surface area (Å²) in [4.78, 5) is 14.9. The van der Waals surface area contributed by atoms with Crippen LogP contribution in [-0.2, 0) is 16.1 Å². The fourth-order valence-corrected chi connectivity index (χ4v) is 1.35. The van der Waals surface area contributed by atoms with Crippen molar-refractivity contribution in [2.45, 2.75) is 13.3 Å². The van der Waals surface area contributed by atoms with Crippen LogP contribution in [0.5, 0.6) is 5.75 Å². The summed E-state index contributed by atoms with van der Waals surface area (Å²) in [5, 5.41) is 12.1. The average molecular weight is 237 g/mol. The van der Waals surface area contributed by atoms with Gasteiger partial charge in [0, 0.05) is 6.42 Å². The predicted octanol–water partition coefficient (Wildman–Crippen LogP) is 1.71. The Morgan fingerprint density at radius 3 is 2.76 bits per heavy atom. The second-order valence-electron chi connectivity index (χ2n) is 3.48. The number of para-hydroxylation sites is 1. The number of nitrogens with zero attached hydrogens (tertiary/aromatic N) is 1. The van der Waals surface area contributed by atoms with Crippen molar-refractivity contribution in [2.75, 3.05) is 13.7 Å². The first-order valence-electron chi connectivity index (χ1n) is 5.12. The van der Waals surface area contributed by atoms with E-state index in [2.05, 4.69) is 9.99 Å². The third kappa shape index (κ3) is 4.55. The number of oxime groups is 1. The van der Waals surface area contributed by atoms with Gasteiger partial charge in [-0.2, -0.15) is 0 Å². The molecule has 0 heterocycles. The van der Waals surface area contributed by atoms with Gasteiger partial charge in [-0.25, -0.2) is 4.79 Å². The van der Waals surface area contributed by atoms with Crippen LogP contribution in [-0.4, -0.2) is 30.5 Å². The Morgan fingerprint density at radius 2 is 2.12 bits per heavy atom. The highest BCUT2D eigenvalue weighted by Gasteiger charge is 2.04. The van der Waals surface area contributed by atoms with E-state index in [1.807, 2.05) is 24.3 Å². The molecule has 0 aliphatic heterocycles. The van der Waals surface area contributed by atoms with Gasteiger partial charge in [0.1, 0.15) is 5.75 Å². The second-order valence-corrected chi connectivity index (χ2v) is 3.48. The molecule has 0 unspecified atom stereocenters. The van der Waals surface area contributed by atoms with E-state index in [1.54, 1.807) is 14.0 Å². The van der Waals surface area contributed by atoms with E-state index >= 15 is 0 Å². The highest BCUT2D eigenvalue weighted by molar-refractivity contribution is 5.84. The van der Waals surface area contributed by atoms with Gasteiger partial charge in [0.2, 0.25) is 6.61 Å². The maximum atomic E-state index is 10.2. The van der Waals surface area contributed by atoms with Crippen LogP contribution in [0.1, 0.15) is 12.5 Å². The molecular weight excluding hydrogens is 222 g/mol. The summed E-state index contributed by atoms with van der Waals surface area (Å²) < 4.78 is 5.20. The number of carboxylic acid groups (broad SMARTS) is 1. The summed E-state index contributed by atoms with van der Waals surface area (Å²) in [7, 11) is 1.60. The lowest BCUT2D eigenvalue weighted by molar-refractivity contribution is -0.142. The number of methoxy groups -OCH3 is 1. The quantitative estimate of drug-likeness (QED) is 0.604. The Bertz CT molecular complexity index is 415. The van der Waals surface area contributed by atoms with E-state index in [-0.39, 0.29) is 0 Å². The largest absolute Gasteiger partial charge is 0.496 e. The lowest BCUT2D eigenvalue weighted by Crippen LogP contribution is -2.06. The van der Waals surface area contributed by atoms with Gasteiger partial charge in [0.25, 0.3) is 0 Å². The number of benzene rings is 1. The molecule has 1 N–H and O–H groups in total. The molecule has 0 aliphatic carbocycles. The Hall–Kier alpha value is -2.04. The fourth-order valence-electron chi connectivity index (χ4n) is 1.35. The SMILES string of the molecule is COc1ccccc1CC(C)=NOCC(=O)O. The molecule has 0 bridgehead atoms. The Morgan fingerprint density at radius 1 is 1.41 bits per heavy atom. The normalized spacial score (nSPS) is 11.1. The number of ether oxygens (including phenoxy) is 1. The highest BCUT2D eigenvalue weighted by Crippen LogP contribution is 2.18. The second kappa shape index (κ2) is 6.52. The molecule has 1 aromatic rings. The number of hydrogen-bond acceptors (Lipinski definition) is 4. The minimum Gasteiger partial charge on any atom is -0.496 e. The first-order valence-corrected chi connectivity index (χ1v) is 5.12. The molecule has 0 fully saturated rings. The summed E-state index contributed by atoms with van der Waals surface area (Å²) in [5.74, 6) is -0.265. The zero-order valence-electron chi connectivity index (χ0n) is 9.84. The zero-order valence-corrected chi connectivity index (χ0v) is 9.84. The van der Waals surface area contributed by atoms with Crippen LogP contribution in [0, 0.1) is 0 Å².